The fraction of sp³-hybridized carbons (Fsp3) is 0.727. The van der Waals surface area contributed by atoms with E-state index in [1.165, 1.54) is 108 Å². The van der Waals surface area contributed by atoms with E-state index >= 15 is 0 Å². The zero-order chi connectivity index (χ0) is 26.8. The van der Waals surface area contributed by atoms with Crippen molar-refractivity contribution >= 4 is 14.7 Å². The lowest BCUT2D eigenvalue weighted by atomic mass is 9.93. The summed E-state index contributed by atoms with van der Waals surface area (Å²) >= 11 is 0. The van der Waals surface area contributed by atoms with Gasteiger partial charge in [0.2, 0.25) is 5.88 Å². The summed E-state index contributed by atoms with van der Waals surface area (Å²) in [5.41, 5.74) is 1.90. The molecule has 0 aromatic carbocycles. The maximum Gasteiger partial charge on any atom is 0.232 e. The molecule has 1 aliphatic rings. The van der Waals surface area contributed by atoms with Crippen LogP contribution in [0, 0.1) is 17.8 Å². The van der Waals surface area contributed by atoms with Crippen molar-refractivity contribution in [3.05, 3.63) is 30.7 Å². The summed E-state index contributed by atoms with van der Waals surface area (Å²) in [4.78, 5) is 13.9. The molecule has 0 radical (unpaired) electrons. The standard InChI is InChI=1S/C33H55N3OSi/c1-4-5-8-14-27(2)15-11-16-28(3)17-13-24-38-31-19-12-22-34-33(31)30-25-36-32(26-35-30)37-23-10-7-6-9-18-29-20-21-29/h12,19,22,25-29H,4-11,13-18,20-21,23-24,38H2,1-3H3. The molecule has 0 N–H and O–H groups in total. The first-order valence-electron chi connectivity index (χ1n) is 16.0. The molecule has 2 unspecified atom stereocenters. The van der Waals surface area contributed by atoms with Gasteiger partial charge in [-0.25, -0.2) is 9.97 Å². The van der Waals surface area contributed by atoms with E-state index in [4.69, 9.17) is 4.74 Å². The van der Waals surface area contributed by atoms with Gasteiger partial charge >= 0.3 is 0 Å². The summed E-state index contributed by atoms with van der Waals surface area (Å²) in [6.07, 6.45) is 27.4. The number of unbranched alkanes of at least 4 members (excludes halogenated alkanes) is 5. The molecule has 3 rings (SSSR count). The Hall–Kier alpha value is -1.75. The lowest BCUT2D eigenvalue weighted by molar-refractivity contribution is 0.292. The first-order chi connectivity index (χ1) is 18.7. The molecular weight excluding hydrogens is 482 g/mol. The van der Waals surface area contributed by atoms with Gasteiger partial charge in [-0.2, -0.15) is 0 Å². The van der Waals surface area contributed by atoms with Crippen molar-refractivity contribution in [1.29, 1.82) is 0 Å². The fourth-order valence-corrected chi connectivity index (χ4v) is 7.24. The third-order valence-electron chi connectivity index (χ3n) is 8.30. The molecule has 38 heavy (non-hydrogen) atoms. The third kappa shape index (κ3) is 12.9. The SMILES string of the molecule is CCCCCC(C)CCCC(C)CCC[SiH2]c1cccnc1-c1cnc(OCCCCCCC2CC2)cn1. The molecule has 212 valence electrons. The summed E-state index contributed by atoms with van der Waals surface area (Å²) in [6, 6.07) is 5.67. The van der Waals surface area contributed by atoms with Gasteiger partial charge in [0.1, 0.15) is 5.69 Å². The Morgan fingerprint density at radius 2 is 1.61 bits per heavy atom. The van der Waals surface area contributed by atoms with Crippen LogP contribution in [0.1, 0.15) is 124 Å². The zero-order valence-corrected chi connectivity index (χ0v) is 26.2. The predicted octanol–water partition coefficient (Wildman–Crippen LogP) is 8.29. The van der Waals surface area contributed by atoms with E-state index in [1.807, 2.05) is 12.4 Å². The number of hydrogen-bond donors (Lipinski definition) is 0. The van der Waals surface area contributed by atoms with Crippen molar-refractivity contribution in [2.45, 2.75) is 130 Å². The Balaban J connectivity index is 1.31. The highest BCUT2D eigenvalue weighted by Gasteiger charge is 2.19. The molecular formula is C33H55N3OSi. The molecule has 2 aromatic heterocycles. The van der Waals surface area contributed by atoms with E-state index in [2.05, 4.69) is 47.9 Å². The highest BCUT2D eigenvalue weighted by Crippen LogP contribution is 2.34. The Morgan fingerprint density at radius 1 is 0.842 bits per heavy atom. The molecule has 1 fully saturated rings. The lowest BCUT2D eigenvalue weighted by Gasteiger charge is -2.14. The number of ether oxygens (including phenoxy) is 1. The first kappa shape index (κ1) is 30.8. The van der Waals surface area contributed by atoms with Gasteiger partial charge in [0.15, 0.2) is 0 Å². The van der Waals surface area contributed by atoms with E-state index in [-0.39, 0.29) is 9.52 Å². The molecule has 0 amide bonds. The van der Waals surface area contributed by atoms with Crippen LogP contribution in [0.5, 0.6) is 5.88 Å². The smallest absolute Gasteiger partial charge is 0.232 e. The van der Waals surface area contributed by atoms with E-state index in [9.17, 15) is 0 Å². The molecule has 0 spiro atoms. The maximum atomic E-state index is 5.85. The topological polar surface area (TPSA) is 47.9 Å². The molecule has 4 nitrogen and oxygen atoms in total. The fourth-order valence-electron chi connectivity index (χ4n) is 5.51. The highest BCUT2D eigenvalue weighted by molar-refractivity contribution is 6.55. The Labute approximate surface area is 236 Å². The van der Waals surface area contributed by atoms with Crippen molar-refractivity contribution in [1.82, 2.24) is 15.0 Å². The molecule has 2 heterocycles. The molecule has 1 saturated carbocycles. The monoisotopic (exact) mass is 537 g/mol. The Bertz CT molecular complexity index is 871. The number of rotatable bonds is 22. The van der Waals surface area contributed by atoms with Crippen molar-refractivity contribution in [3.63, 3.8) is 0 Å². The van der Waals surface area contributed by atoms with Crippen LogP contribution < -0.4 is 9.92 Å². The predicted molar refractivity (Wildman–Crippen MR) is 165 cm³/mol. The molecule has 5 heteroatoms. The number of nitrogens with zero attached hydrogens (tertiary/aromatic N) is 3. The van der Waals surface area contributed by atoms with Crippen LogP contribution >= 0.6 is 0 Å². The minimum absolute atomic E-state index is 0.368. The van der Waals surface area contributed by atoms with E-state index in [0.29, 0.717) is 5.88 Å². The first-order valence-corrected chi connectivity index (χ1v) is 17.8. The van der Waals surface area contributed by atoms with Crippen LogP contribution in [0.4, 0.5) is 0 Å². The van der Waals surface area contributed by atoms with Gasteiger partial charge in [-0.05, 0) is 35.4 Å². The van der Waals surface area contributed by atoms with Gasteiger partial charge in [-0.1, -0.05) is 129 Å². The van der Waals surface area contributed by atoms with Crippen molar-refractivity contribution in [2.24, 2.45) is 17.8 Å². The van der Waals surface area contributed by atoms with Crippen molar-refractivity contribution < 1.29 is 4.74 Å². The average molecular weight is 538 g/mol. The van der Waals surface area contributed by atoms with Crippen LogP contribution in [-0.2, 0) is 0 Å². The largest absolute Gasteiger partial charge is 0.477 e. The highest BCUT2D eigenvalue weighted by atomic mass is 28.2. The van der Waals surface area contributed by atoms with Crippen molar-refractivity contribution in [2.75, 3.05) is 6.61 Å². The molecule has 0 bridgehead atoms. The molecule has 0 aliphatic heterocycles. The molecule has 0 saturated heterocycles. The summed E-state index contributed by atoms with van der Waals surface area (Å²) in [6.45, 7) is 7.92. The molecule has 2 aromatic rings. The van der Waals surface area contributed by atoms with Gasteiger partial charge in [0.25, 0.3) is 0 Å². The summed E-state index contributed by atoms with van der Waals surface area (Å²) < 4.78 is 5.85. The zero-order valence-electron chi connectivity index (χ0n) is 24.8. The van der Waals surface area contributed by atoms with Crippen LogP contribution in [0.3, 0.4) is 0 Å². The minimum atomic E-state index is -0.368. The second-order valence-corrected chi connectivity index (χ2v) is 14.1. The summed E-state index contributed by atoms with van der Waals surface area (Å²) in [5.74, 6) is 3.44. The van der Waals surface area contributed by atoms with Crippen LogP contribution in [0.25, 0.3) is 11.4 Å². The normalized spacial score (nSPS) is 15.2. The summed E-state index contributed by atoms with van der Waals surface area (Å²) in [5, 5.41) is 1.41. The van der Waals surface area contributed by atoms with Gasteiger partial charge < -0.3 is 4.74 Å². The number of pyridine rings is 1. The minimum Gasteiger partial charge on any atom is -0.477 e. The average Bonchev–Trinajstić information content (AvgIpc) is 3.76. The second kappa shape index (κ2) is 18.5. The second-order valence-electron chi connectivity index (χ2n) is 12.1. The Kier molecular flexibility index (Phi) is 15.0. The van der Waals surface area contributed by atoms with E-state index in [1.54, 1.807) is 6.20 Å². The van der Waals surface area contributed by atoms with Gasteiger partial charge in [-0.15, -0.1) is 0 Å². The van der Waals surface area contributed by atoms with Crippen molar-refractivity contribution in [3.8, 4) is 17.3 Å². The maximum absolute atomic E-state index is 5.85. The quantitative estimate of drug-likeness (QED) is 0.112. The van der Waals surface area contributed by atoms with E-state index < -0.39 is 0 Å². The Morgan fingerprint density at radius 3 is 2.34 bits per heavy atom. The third-order valence-corrected chi connectivity index (χ3v) is 10.3. The molecule has 2 atom stereocenters. The van der Waals surface area contributed by atoms with E-state index in [0.717, 1.165) is 42.2 Å². The molecule has 1 aliphatic carbocycles. The number of aromatic nitrogens is 3. The van der Waals surface area contributed by atoms with Crippen LogP contribution in [0.15, 0.2) is 30.7 Å². The lowest BCUT2D eigenvalue weighted by Crippen LogP contribution is -2.18. The van der Waals surface area contributed by atoms with Crippen LogP contribution in [0.2, 0.25) is 6.04 Å². The number of hydrogen-bond acceptors (Lipinski definition) is 4. The van der Waals surface area contributed by atoms with Crippen LogP contribution in [-0.4, -0.2) is 31.1 Å². The van der Waals surface area contributed by atoms with Gasteiger partial charge in [0, 0.05) is 6.20 Å². The van der Waals surface area contributed by atoms with Gasteiger partial charge in [0.05, 0.1) is 34.2 Å². The van der Waals surface area contributed by atoms with Gasteiger partial charge in [-0.3, -0.25) is 4.98 Å². The summed E-state index contributed by atoms with van der Waals surface area (Å²) in [7, 11) is -0.368.